The van der Waals surface area contributed by atoms with Gasteiger partial charge in [0.2, 0.25) is 0 Å². The maximum absolute atomic E-state index is 12.7. The fourth-order valence-corrected chi connectivity index (χ4v) is 4.65. The minimum Gasteiger partial charge on any atom is -0.322 e. The van der Waals surface area contributed by atoms with Crippen LogP contribution in [0.25, 0.3) is 10.9 Å². The molecule has 1 aliphatic heterocycles. The Morgan fingerprint density at radius 1 is 0.524 bits per heavy atom. The van der Waals surface area contributed by atoms with Crippen molar-refractivity contribution >= 4 is 105 Å². The van der Waals surface area contributed by atoms with Crippen molar-refractivity contribution in [3.8, 4) is 0 Å². The first kappa shape index (κ1) is 29.7. The molecular weight excluding hydrogens is 504 g/mol. The highest BCUT2D eigenvalue weighted by Gasteiger charge is 2.40. The Hall–Kier alpha value is -3.79. The summed E-state index contributed by atoms with van der Waals surface area (Å²) in [5, 5.41) is 5.86. The summed E-state index contributed by atoms with van der Waals surface area (Å²) >= 11 is 0. The second kappa shape index (κ2) is 14.9. The summed E-state index contributed by atoms with van der Waals surface area (Å²) in [6.07, 6.45) is 0. The van der Waals surface area contributed by atoms with Crippen LogP contribution < -0.4 is 10.6 Å². The van der Waals surface area contributed by atoms with Crippen LogP contribution >= 0.6 is 0 Å². The van der Waals surface area contributed by atoms with Gasteiger partial charge in [0.25, 0.3) is 11.8 Å². The molecule has 14 heteroatoms. The van der Waals surface area contributed by atoms with Crippen LogP contribution in [0.15, 0.2) is 109 Å². The summed E-state index contributed by atoms with van der Waals surface area (Å²) in [4.78, 5) is 25.5. The van der Waals surface area contributed by atoms with E-state index in [0.717, 1.165) is 22.5 Å². The lowest BCUT2D eigenvalue weighted by molar-refractivity contribution is 0.101. The zero-order chi connectivity index (χ0) is 29.1. The van der Waals surface area contributed by atoms with Crippen LogP contribution in [-0.2, 0) is 0 Å². The zero-order valence-electron chi connectivity index (χ0n) is 23.0. The Labute approximate surface area is 256 Å². The molecule has 4 nitrogen and oxygen atoms in total. The average Bonchev–Trinajstić information content (AvgIpc) is 3.75. The van der Waals surface area contributed by atoms with Crippen LogP contribution in [0.2, 0.25) is 0 Å². The normalized spacial score (nSPS) is 11.5. The molecule has 10 radical (unpaired) electrons. The third-order valence-corrected chi connectivity index (χ3v) is 6.78. The van der Waals surface area contributed by atoms with E-state index >= 15 is 0 Å². The summed E-state index contributed by atoms with van der Waals surface area (Å²) in [5.41, 5.74) is 7.19. The van der Waals surface area contributed by atoms with Gasteiger partial charge in [-0.2, -0.15) is 0 Å². The Bertz CT molecular complexity index is 1420. The molecule has 0 unspecified atom stereocenters. The van der Waals surface area contributed by atoms with E-state index in [2.05, 4.69) is 17.7 Å². The van der Waals surface area contributed by atoms with Gasteiger partial charge in [0.1, 0.15) is 0 Å². The number of anilines is 2. The van der Waals surface area contributed by atoms with Crippen molar-refractivity contribution in [3.05, 3.63) is 131 Å². The minimum atomic E-state index is -0.152. The number of carbonyl (C=O) groups is 2. The second-order valence-electron chi connectivity index (χ2n) is 9.64. The number of amides is 2. The molecule has 0 spiro atoms. The first-order chi connectivity index (χ1) is 20.6. The third kappa shape index (κ3) is 7.94. The smallest absolute Gasteiger partial charge is 0.255 e. The molecule has 0 atom stereocenters. The molecule has 42 heavy (non-hydrogen) atoms. The summed E-state index contributed by atoms with van der Waals surface area (Å²) in [7, 11) is 20.5. The van der Waals surface area contributed by atoms with Crippen LogP contribution in [0.3, 0.4) is 0 Å². The number of nitrogens with one attached hydrogen (secondary N) is 2. The Morgan fingerprint density at radius 3 is 1.36 bits per heavy atom. The highest BCUT2D eigenvalue weighted by molar-refractivity contribution is 7.71. The highest BCUT2D eigenvalue weighted by Crippen LogP contribution is 2.45. The number of rotatable bonds is 14. The summed E-state index contributed by atoms with van der Waals surface area (Å²) < 4.78 is 0. The van der Waals surface area contributed by atoms with Gasteiger partial charge in [-0.1, -0.05) is 71.6 Å². The van der Waals surface area contributed by atoms with Crippen LogP contribution in [0.4, 0.5) is 11.4 Å². The standard InChI is InChI=1S/C28H20B10N2O2/c29-30-31-32-33-34-35-36-37-38-25(19-11-15-21(16-12-19)27(41)39-23-7-3-1-4-8-23)26(38)20-13-17-22(18-14-20)28(42)40-24-9-5-2-6-10-24/h1-18H,(H,39,41)(H,40,42). The van der Waals surface area contributed by atoms with E-state index in [1.807, 2.05) is 145 Å². The van der Waals surface area contributed by atoms with Crippen LogP contribution in [-0.4, -0.2) is 82.6 Å². The summed E-state index contributed by atoms with van der Waals surface area (Å²) in [6, 6.07) is 34.2. The van der Waals surface area contributed by atoms with E-state index < -0.39 is 0 Å². The summed E-state index contributed by atoms with van der Waals surface area (Å²) in [5.74, 6) is -0.303. The van der Waals surface area contributed by atoms with Crippen molar-refractivity contribution in [1.82, 2.24) is 0 Å². The largest absolute Gasteiger partial charge is 0.322 e. The molecule has 2 N–H and O–H groups in total. The van der Waals surface area contributed by atoms with Gasteiger partial charge in [-0.15, -0.1) is 0 Å². The SMILES string of the molecule is [B][B][B][B][B][B][B][B][B]B1C(c2ccc(C(=O)Nc3ccccc3)cc2)=C1c1ccc(C(=O)Nc2ccccc2)cc1. The molecule has 0 fully saturated rings. The second-order valence-corrected chi connectivity index (χ2v) is 9.64. The maximum atomic E-state index is 12.7. The average molecular weight is 525 g/mol. The van der Waals surface area contributed by atoms with E-state index in [0.29, 0.717) is 11.1 Å². The molecular formula is C28H20B10N2O2. The van der Waals surface area contributed by atoms with Crippen LogP contribution in [0.5, 0.6) is 0 Å². The van der Waals surface area contributed by atoms with Crippen molar-refractivity contribution in [2.45, 2.75) is 0 Å². The van der Waals surface area contributed by atoms with E-state index in [4.69, 9.17) is 7.74 Å². The monoisotopic (exact) mass is 526 g/mol. The van der Waals surface area contributed by atoms with E-state index in [1.54, 1.807) is 7.06 Å². The Morgan fingerprint density at radius 2 is 0.929 bits per heavy atom. The van der Waals surface area contributed by atoms with Gasteiger partial charge >= 0.3 is 0 Å². The minimum absolute atomic E-state index is 0.121. The third-order valence-electron chi connectivity index (χ3n) is 6.78. The molecule has 0 aliphatic carbocycles. The Balaban J connectivity index is 1.28. The lowest BCUT2D eigenvalue weighted by atomic mass is 8.88. The lowest BCUT2D eigenvalue weighted by Gasteiger charge is -2.06. The molecule has 184 valence electrons. The molecule has 5 rings (SSSR count). The van der Waals surface area contributed by atoms with Crippen molar-refractivity contribution in [2.24, 2.45) is 0 Å². The Kier molecular flexibility index (Phi) is 10.5. The molecule has 1 aliphatic rings. The molecule has 0 aromatic heterocycles. The fraction of sp³-hybridized carbons (Fsp3) is 0. The van der Waals surface area contributed by atoms with Gasteiger partial charge in [-0.05, 0) is 59.7 Å². The van der Waals surface area contributed by atoms with E-state index in [9.17, 15) is 9.59 Å². The van der Waals surface area contributed by atoms with Crippen molar-refractivity contribution < 1.29 is 9.59 Å². The van der Waals surface area contributed by atoms with Crippen LogP contribution in [0.1, 0.15) is 31.8 Å². The number of hydrogen-bond donors (Lipinski definition) is 2. The molecule has 2 amide bonds. The summed E-state index contributed by atoms with van der Waals surface area (Å²) in [6.45, 7) is 0.121. The number of hydrogen-bond acceptors (Lipinski definition) is 2. The van der Waals surface area contributed by atoms with Crippen molar-refractivity contribution in [1.29, 1.82) is 0 Å². The van der Waals surface area contributed by atoms with Gasteiger partial charge in [-0.3, -0.25) is 9.59 Å². The topological polar surface area (TPSA) is 58.2 Å². The first-order valence-electron chi connectivity index (χ1n) is 13.7. The number of para-hydroxylation sites is 2. The first-order valence-corrected chi connectivity index (χ1v) is 13.7. The quantitative estimate of drug-likeness (QED) is 0.197. The maximum Gasteiger partial charge on any atom is 0.255 e. The molecule has 1 heterocycles. The number of benzene rings is 4. The predicted octanol–water partition coefficient (Wildman–Crippen LogP) is 2.31. The highest BCUT2D eigenvalue weighted by atomic mass is 16.2. The molecule has 0 saturated heterocycles. The zero-order valence-corrected chi connectivity index (χ0v) is 23.0. The van der Waals surface area contributed by atoms with Gasteiger partial charge in [-0.25, -0.2) is 0 Å². The lowest BCUT2D eigenvalue weighted by Crippen LogP contribution is -2.32. The molecule has 4 aromatic rings. The van der Waals surface area contributed by atoms with Gasteiger partial charge in [0, 0.05) is 86.7 Å². The van der Waals surface area contributed by atoms with Gasteiger partial charge < -0.3 is 10.6 Å². The van der Waals surface area contributed by atoms with Gasteiger partial charge in [0.15, 0.2) is 6.60 Å². The predicted molar refractivity (Wildman–Crippen MR) is 186 cm³/mol. The van der Waals surface area contributed by atoms with Crippen molar-refractivity contribution in [2.75, 3.05) is 10.6 Å². The number of carbonyl (C=O) groups excluding carboxylic acids is 2. The van der Waals surface area contributed by atoms with Crippen molar-refractivity contribution in [3.63, 3.8) is 0 Å². The van der Waals surface area contributed by atoms with Gasteiger partial charge in [0.05, 0.1) is 0 Å². The molecule has 0 saturated carbocycles. The van der Waals surface area contributed by atoms with E-state index in [1.165, 1.54) is 18.0 Å². The fourth-order valence-electron chi connectivity index (χ4n) is 4.65. The molecule has 4 aromatic carbocycles. The molecule has 0 bridgehead atoms. The van der Waals surface area contributed by atoms with Crippen LogP contribution in [0, 0.1) is 0 Å². The van der Waals surface area contributed by atoms with E-state index in [-0.39, 0.29) is 18.4 Å².